The van der Waals surface area contributed by atoms with Gasteiger partial charge in [-0.2, -0.15) is 0 Å². The third kappa shape index (κ3) is 6.22. The number of fused-ring (bicyclic) bond motifs is 21. The zero-order valence-corrected chi connectivity index (χ0v) is 45.8. The van der Waals surface area contributed by atoms with Crippen LogP contribution in [0, 0.1) is 0 Å². The molecular formula is C76H58N2O2. The standard InChI is InChI=1S/C76H58N2O2/c1-73(2,3)47-38-41-51-52-42-39-48(74(4,5)6)45-62(52)76(61(51)44-47)59-28-13-20-37-71(59)80-72-60(76)29-21-34-68(72)77(66-32-16-17-33-67(66)78-64-30-14-8-23-54(64)55-24-9-15-31-65(55)78)49-40-43-53-50-22-7-10-25-56(50)75(63(53)46-49)57-26-11-18-35-69(57)79-70-36-19-12-27-58(70)75/h7-46H,1-6H3. The molecule has 1 aromatic heterocycles. The summed E-state index contributed by atoms with van der Waals surface area (Å²) < 4.78 is 17.0. The molecule has 4 heteroatoms. The normalized spacial score (nSPS) is 14.5. The van der Waals surface area contributed by atoms with Crippen molar-refractivity contribution in [3.8, 4) is 50.9 Å². The van der Waals surface area contributed by atoms with Crippen LogP contribution in [-0.2, 0) is 21.7 Å². The second-order valence-corrected chi connectivity index (χ2v) is 24.3. The van der Waals surface area contributed by atoms with Gasteiger partial charge in [0.15, 0.2) is 5.75 Å². The third-order valence-corrected chi connectivity index (χ3v) is 18.0. The van der Waals surface area contributed by atoms with E-state index < -0.39 is 10.8 Å². The Morgan fingerprint density at radius 1 is 0.338 bits per heavy atom. The molecule has 384 valence electrons. The number of nitrogens with zero attached hydrogens (tertiary/aromatic N) is 2. The van der Waals surface area contributed by atoms with Gasteiger partial charge in [0, 0.05) is 38.7 Å². The van der Waals surface area contributed by atoms with Crippen LogP contribution in [0.15, 0.2) is 243 Å². The molecule has 0 unspecified atom stereocenters. The lowest BCUT2D eigenvalue weighted by molar-refractivity contribution is 0.436. The maximum Gasteiger partial charge on any atom is 0.156 e. The van der Waals surface area contributed by atoms with E-state index in [9.17, 15) is 0 Å². The lowest BCUT2D eigenvalue weighted by Crippen LogP contribution is -2.33. The lowest BCUT2D eigenvalue weighted by atomic mass is 9.64. The Morgan fingerprint density at radius 3 is 1.35 bits per heavy atom. The van der Waals surface area contributed by atoms with E-state index in [0.717, 1.165) is 79.0 Å². The van der Waals surface area contributed by atoms with Crippen molar-refractivity contribution in [2.45, 2.75) is 63.2 Å². The zero-order chi connectivity index (χ0) is 53.9. The molecule has 0 fully saturated rings. The van der Waals surface area contributed by atoms with Gasteiger partial charge >= 0.3 is 0 Å². The van der Waals surface area contributed by atoms with Crippen molar-refractivity contribution in [3.63, 3.8) is 0 Å². The summed E-state index contributed by atoms with van der Waals surface area (Å²) in [7, 11) is 0. The number of hydrogen-bond donors (Lipinski definition) is 0. The van der Waals surface area contributed by atoms with Crippen molar-refractivity contribution >= 4 is 38.9 Å². The van der Waals surface area contributed by atoms with Crippen molar-refractivity contribution in [1.82, 2.24) is 4.57 Å². The molecule has 2 aliphatic heterocycles. The molecule has 4 aliphatic rings. The fraction of sp³-hybridized carbons (Fsp3) is 0.132. The summed E-state index contributed by atoms with van der Waals surface area (Å²) in [5.74, 6) is 3.40. The Hall–Kier alpha value is -9.38. The van der Waals surface area contributed by atoms with Crippen LogP contribution in [0.25, 0.3) is 49.7 Å². The second kappa shape index (κ2) is 16.6. The summed E-state index contributed by atoms with van der Waals surface area (Å²) in [5.41, 5.74) is 21.7. The highest BCUT2D eigenvalue weighted by atomic mass is 16.5. The van der Waals surface area contributed by atoms with Gasteiger partial charge in [-0.1, -0.05) is 224 Å². The van der Waals surface area contributed by atoms with E-state index in [-0.39, 0.29) is 10.8 Å². The summed E-state index contributed by atoms with van der Waals surface area (Å²) >= 11 is 0. The minimum absolute atomic E-state index is 0.0969. The van der Waals surface area contributed by atoms with E-state index in [4.69, 9.17) is 9.47 Å². The Kier molecular flexibility index (Phi) is 9.68. The van der Waals surface area contributed by atoms with Gasteiger partial charge in [0.2, 0.25) is 0 Å². The van der Waals surface area contributed by atoms with Crippen LogP contribution in [0.4, 0.5) is 17.1 Å². The number of ether oxygens (including phenoxy) is 2. The molecule has 0 bridgehead atoms. The Labute approximate surface area is 467 Å². The highest BCUT2D eigenvalue weighted by Gasteiger charge is 2.54. The fourth-order valence-corrected chi connectivity index (χ4v) is 14.5. The molecule has 12 aromatic rings. The van der Waals surface area contributed by atoms with E-state index in [0.29, 0.717) is 0 Å². The van der Waals surface area contributed by atoms with Gasteiger partial charge in [0.1, 0.15) is 17.2 Å². The second-order valence-electron chi connectivity index (χ2n) is 24.3. The first-order chi connectivity index (χ1) is 39.0. The predicted molar refractivity (Wildman–Crippen MR) is 328 cm³/mol. The van der Waals surface area contributed by atoms with Crippen molar-refractivity contribution in [2.75, 3.05) is 4.90 Å². The number of anilines is 3. The van der Waals surface area contributed by atoms with Gasteiger partial charge in [-0.05, 0) is 127 Å². The molecule has 11 aromatic carbocycles. The minimum atomic E-state index is -0.732. The maximum absolute atomic E-state index is 7.70. The molecule has 4 nitrogen and oxygen atoms in total. The Morgan fingerprint density at radius 2 is 0.762 bits per heavy atom. The quantitative estimate of drug-likeness (QED) is 0.176. The van der Waals surface area contributed by atoms with E-state index in [1.165, 1.54) is 66.4 Å². The molecule has 0 saturated carbocycles. The first-order valence-electron chi connectivity index (χ1n) is 28.2. The number of hydrogen-bond acceptors (Lipinski definition) is 3. The van der Waals surface area contributed by atoms with Crippen LogP contribution >= 0.6 is 0 Å². The number of rotatable bonds is 4. The molecule has 0 amide bonds. The van der Waals surface area contributed by atoms with E-state index in [1.54, 1.807) is 0 Å². The molecule has 0 atom stereocenters. The molecular weight excluding hydrogens is 973 g/mol. The molecule has 0 radical (unpaired) electrons. The van der Waals surface area contributed by atoms with Crippen LogP contribution in [0.2, 0.25) is 0 Å². The van der Waals surface area contributed by atoms with Gasteiger partial charge in [0.25, 0.3) is 0 Å². The summed E-state index contributed by atoms with van der Waals surface area (Å²) in [6, 6.07) is 90.3. The molecule has 2 spiro atoms. The molecule has 80 heavy (non-hydrogen) atoms. The summed E-state index contributed by atoms with van der Waals surface area (Å²) in [4.78, 5) is 2.50. The molecule has 2 aliphatic carbocycles. The predicted octanol–water partition coefficient (Wildman–Crippen LogP) is 19.8. The Balaban J connectivity index is 1.03. The third-order valence-electron chi connectivity index (χ3n) is 18.0. The monoisotopic (exact) mass is 1030 g/mol. The largest absolute Gasteiger partial charge is 0.457 e. The molecule has 0 N–H and O–H groups in total. The highest BCUT2D eigenvalue weighted by Crippen LogP contribution is 2.66. The van der Waals surface area contributed by atoms with Crippen molar-refractivity contribution in [2.24, 2.45) is 0 Å². The number of benzene rings is 11. The van der Waals surface area contributed by atoms with Crippen LogP contribution in [-0.4, -0.2) is 4.57 Å². The number of aromatic nitrogens is 1. The summed E-state index contributed by atoms with van der Waals surface area (Å²) in [6.45, 7) is 14.0. The average Bonchev–Trinajstić information content (AvgIpc) is 2.54. The van der Waals surface area contributed by atoms with E-state index in [1.807, 2.05) is 0 Å². The topological polar surface area (TPSA) is 26.6 Å². The maximum atomic E-state index is 7.70. The van der Waals surface area contributed by atoms with Crippen molar-refractivity contribution in [1.29, 1.82) is 0 Å². The summed E-state index contributed by atoms with van der Waals surface area (Å²) in [5, 5.41) is 2.42. The van der Waals surface area contributed by atoms with Gasteiger partial charge in [0.05, 0.1) is 38.9 Å². The van der Waals surface area contributed by atoms with Crippen molar-refractivity contribution < 1.29 is 9.47 Å². The fourth-order valence-electron chi connectivity index (χ4n) is 14.5. The van der Waals surface area contributed by atoms with E-state index in [2.05, 4.69) is 294 Å². The van der Waals surface area contributed by atoms with Gasteiger partial charge in [-0.25, -0.2) is 0 Å². The van der Waals surface area contributed by atoms with Crippen LogP contribution in [0.5, 0.6) is 23.0 Å². The van der Waals surface area contributed by atoms with E-state index >= 15 is 0 Å². The molecule has 3 heterocycles. The lowest BCUT2D eigenvalue weighted by Gasteiger charge is -2.42. The van der Waals surface area contributed by atoms with Gasteiger partial charge in [-0.3, -0.25) is 0 Å². The van der Waals surface area contributed by atoms with Crippen molar-refractivity contribution in [3.05, 3.63) is 298 Å². The molecule has 16 rings (SSSR count). The van der Waals surface area contributed by atoms with Crippen LogP contribution in [0.1, 0.15) is 97.2 Å². The highest BCUT2D eigenvalue weighted by molar-refractivity contribution is 6.10. The average molecular weight is 1030 g/mol. The molecule has 0 saturated heterocycles. The van der Waals surface area contributed by atoms with Gasteiger partial charge < -0.3 is 18.9 Å². The number of para-hydroxylation sites is 8. The first-order valence-corrected chi connectivity index (χ1v) is 28.2. The smallest absolute Gasteiger partial charge is 0.156 e. The first kappa shape index (κ1) is 46.7. The SMILES string of the molecule is CC(C)(C)c1ccc2c(c1)C1(c3ccccc3Oc3c(N(c4ccc5c(c4)C4(c6ccccc6Oc6ccccc64)c4ccccc4-5)c4ccccc4-n4c5ccccc5c5ccccc54)cccc31)c1cc(C(C)(C)C)ccc1-2. The van der Waals surface area contributed by atoms with Gasteiger partial charge in [-0.15, -0.1) is 0 Å². The zero-order valence-electron chi connectivity index (χ0n) is 45.8. The Bertz CT molecular complexity index is 4440. The summed E-state index contributed by atoms with van der Waals surface area (Å²) in [6.07, 6.45) is 0. The minimum Gasteiger partial charge on any atom is -0.457 e. The van der Waals surface area contributed by atoms with Crippen LogP contribution < -0.4 is 14.4 Å². The van der Waals surface area contributed by atoms with Crippen LogP contribution in [0.3, 0.4) is 0 Å².